The summed E-state index contributed by atoms with van der Waals surface area (Å²) in [6, 6.07) is 0. The quantitative estimate of drug-likeness (QED) is 0.557. The van der Waals surface area contributed by atoms with Gasteiger partial charge in [0.2, 0.25) is 0 Å². The number of rotatable bonds is 9. The van der Waals surface area contributed by atoms with E-state index in [1.807, 2.05) is 13.8 Å². The average Bonchev–Trinajstić information content (AvgIpc) is 2.16. The lowest BCUT2D eigenvalue weighted by Gasteiger charge is -2.05. The maximum absolute atomic E-state index is 11.1. The van der Waals surface area contributed by atoms with Crippen molar-refractivity contribution in [3.63, 3.8) is 0 Å². The van der Waals surface area contributed by atoms with Crippen LogP contribution in [-0.2, 0) is 14.3 Å². The first-order chi connectivity index (χ1) is 6.68. The molecule has 14 heavy (non-hydrogen) atoms. The van der Waals surface area contributed by atoms with Crippen molar-refractivity contribution in [2.75, 3.05) is 33.0 Å². The van der Waals surface area contributed by atoms with E-state index < -0.39 is 0 Å². The molecule has 0 bridgehead atoms. The van der Waals surface area contributed by atoms with E-state index in [9.17, 15) is 4.79 Å². The normalized spacial score (nSPS) is 10.9. The highest BCUT2D eigenvalue weighted by Crippen LogP contribution is 1.95. The zero-order valence-electron chi connectivity index (χ0n) is 9.12. The number of hydrogen-bond acceptors (Lipinski definition) is 4. The van der Waals surface area contributed by atoms with E-state index in [0.717, 1.165) is 6.42 Å². The van der Waals surface area contributed by atoms with Crippen LogP contribution in [0.25, 0.3) is 0 Å². The minimum atomic E-state index is 0.0588. The molecule has 0 aromatic carbocycles. The summed E-state index contributed by atoms with van der Waals surface area (Å²) in [7, 11) is 0. The summed E-state index contributed by atoms with van der Waals surface area (Å²) in [6.07, 6.45) is 0.811. The largest absolute Gasteiger partial charge is 0.380 e. The molecular weight excluding hydrogens is 182 g/mol. The Morgan fingerprint density at radius 1 is 1.21 bits per heavy atom. The van der Waals surface area contributed by atoms with E-state index in [1.54, 1.807) is 0 Å². The maximum Gasteiger partial charge on any atom is 0.160 e. The molecular formula is C10H21NO3. The van der Waals surface area contributed by atoms with Crippen LogP contribution in [0.3, 0.4) is 0 Å². The van der Waals surface area contributed by atoms with Gasteiger partial charge in [-0.25, -0.2) is 0 Å². The number of hydrogen-bond donors (Lipinski definition) is 1. The molecule has 0 rings (SSSR count). The van der Waals surface area contributed by atoms with Crippen molar-refractivity contribution >= 4 is 5.78 Å². The zero-order chi connectivity index (χ0) is 10.8. The number of ether oxygens (including phenoxy) is 2. The highest BCUT2D eigenvalue weighted by Gasteiger charge is 2.05. The fourth-order valence-corrected chi connectivity index (χ4v) is 0.788. The summed E-state index contributed by atoms with van der Waals surface area (Å²) in [5, 5.41) is 0. The van der Waals surface area contributed by atoms with Gasteiger partial charge >= 0.3 is 0 Å². The molecule has 0 unspecified atom stereocenters. The molecule has 0 aliphatic heterocycles. The lowest BCUT2D eigenvalue weighted by molar-refractivity contribution is -0.126. The summed E-state index contributed by atoms with van der Waals surface area (Å²) in [5.41, 5.74) is 5.24. The van der Waals surface area contributed by atoms with Gasteiger partial charge in [-0.1, -0.05) is 13.8 Å². The van der Waals surface area contributed by atoms with Crippen LogP contribution >= 0.6 is 0 Å². The number of nitrogens with two attached hydrogens (primary N) is 1. The van der Waals surface area contributed by atoms with Gasteiger partial charge < -0.3 is 15.2 Å². The summed E-state index contributed by atoms with van der Waals surface area (Å²) >= 11 is 0. The standard InChI is InChI=1S/C10H21NO3/c1-9(2)10(12)8-14-6-3-5-13-7-4-11/h9H,3-8,11H2,1-2H3. The van der Waals surface area contributed by atoms with Gasteiger partial charge in [0.1, 0.15) is 6.61 Å². The summed E-state index contributed by atoms with van der Waals surface area (Å²) in [6.45, 7) is 6.31. The molecule has 0 heterocycles. The van der Waals surface area contributed by atoms with Gasteiger partial charge in [-0.3, -0.25) is 4.79 Å². The van der Waals surface area contributed by atoms with Gasteiger partial charge in [-0.2, -0.15) is 0 Å². The van der Waals surface area contributed by atoms with Crippen molar-refractivity contribution < 1.29 is 14.3 Å². The van der Waals surface area contributed by atoms with Crippen molar-refractivity contribution in [1.29, 1.82) is 0 Å². The molecule has 0 atom stereocenters. The minimum absolute atomic E-state index is 0.0588. The Labute approximate surface area is 85.8 Å². The molecule has 4 nitrogen and oxygen atoms in total. The molecule has 0 aliphatic carbocycles. The first-order valence-electron chi connectivity index (χ1n) is 5.06. The van der Waals surface area contributed by atoms with E-state index in [1.165, 1.54) is 0 Å². The molecule has 0 fully saturated rings. The number of carbonyl (C=O) groups is 1. The van der Waals surface area contributed by atoms with Crippen molar-refractivity contribution in [3.8, 4) is 0 Å². The molecule has 84 valence electrons. The molecule has 0 aromatic heterocycles. The lowest BCUT2D eigenvalue weighted by atomic mass is 10.1. The molecule has 0 spiro atoms. The zero-order valence-corrected chi connectivity index (χ0v) is 9.12. The number of Topliss-reactive ketones (excluding diaryl/α,β-unsaturated/α-hetero) is 1. The molecule has 0 amide bonds. The topological polar surface area (TPSA) is 61.5 Å². The van der Waals surface area contributed by atoms with Crippen LogP contribution in [0.15, 0.2) is 0 Å². The van der Waals surface area contributed by atoms with Gasteiger partial charge in [0.05, 0.1) is 6.61 Å². The Kier molecular flexibility index (Phi) is 8.83. The molecule has 4 heteroatoms. The smallest absolute Gasteiger partial charge is 0.160 e. The van der Waals surface area contributed by atoms with Crippen LogP contribution in [0.5, 0.6) is 0 Å². The van der Waals surface area contributed by atoms with E-state index in [4.69, 9.17) is 15.2 Å². The van der Waals surface area contributed by atoms with E-state index >= 15 is 0 Å². The Hall–Kier alpha value is -0.450. The van der Waals surface area contributed by atoms with Crippen molar-refractivity contribution in [1.82, 2.24) is 0 Å². The van der Waals surface area contributed by atoms with E-state index in [0.29, 0.717) is 26.4 Å². The second kappa shape index (κ2) is 9.12. The van der Waals surface area contributed by atoms with Crippen LogP contribution in [-0.4, -0.2) is 38.8 Å². The van der Waals surface area contributed by atoms with Crippen LogP contribution in [0.4, 0.5) is 0 Å². The Balaban J connectivity index is 3.10. The van der Waals surface area contributed by atoms with Gasteiger partial charge in [-0.05, 0) is 6.42 Å². The first-order valence-corrected chi connectivity index (χ1v) is 5.06. The van der Waals surface area contributed by atoms with Crippen LogP contribution in [0.1, 0.15) is 20.3 Å². The molecule has 0 aromatic rings. The second-order valence-electron chi connectivity index (χ2n) is 3.43. The third kappa shape index (κ3) is 8.16. The fourth-order valence-electron chi connectivity index (χ4n) is 0.788. The monoisotopic (exact) mass is 203 g/mol. The number of ketones is 1. The fraction of sp³-hybridized carbons (Fsp3) is 0.900. The SMILES string of the molecule is CC(C)C(=O)COCCCOCCN. The molecule has 0 saturated heterocycles. The molecule has 0 saturated carbocycles. The highest BCUT2D eigenvalue weighted by molar-refractivity contribution is 5.81. The van der Waals surface area contributed by atoms with Crippen molar-refractivity contribution in [2.45, 2.75) is 20.3 Å². The van der Waals surface area contributed by atoms with Crippen molar-refractivity contribution in [3.05, 3.63) is 0 Å². The van der Waals surface area contributed by atoms with Crippen LogP contribution < -0.4 is 5.73 Å². The second-order valence-corrected chi connectivity index (χ2v) is 3.43. The van der Waals surface area contributed by atoms with Gasteiger partial charge in [0.15, 0.2) is 5.78 Å². The number of carbonyl (C=O) groups excluding carboxylic acids is 1. The predicted molar refractivity (Wildman–Crippen MR) is 55.2 cm³/mol. The minimum Gasteiger partial charge on any atom is -0.380 e. The maximum atomic E-state index is 11.1. The third-order valence-corrected chi connectivity index (χ3v) is 1.73. The van der Waals surface area contributed by atoms with Gasteiger partial charge in [-0.15, -0.1) is 0 Å². The molecule has 0 aliphatic rings. The lowest BCUT2D eigenvalue weighted by Crippen LogP contribution is -2.16. The van der Waals surface area contributed by atoms with Crippen molar-refractivity contribution in [2.24, 2.45) is 11.7 Å². The first kappa shape index (κ1) is 13.5. The Morgan fingerprint density at radius 2 is 1.86 bits per heavy atom. The summed E-state index contributed by atoms with van der Waals surface area (Å²) < 4.78 is 10.3. The highest BCUT2D eigenvalue weighted by atomic mass is 16.5. The molecule has 2 N–H and O–H groups in total. The predicted octanol–water partition coefficient (Wildman–Crippen LogP) is 0.594. The van der Waals surface area contributed by atoms with Gasteiger partial charge in [0, 0.05) is 25.7 Å². The van der Waals surface area contributed by atoms with Gasteiger partial charge in [0.25, 0.3) is 0 Å². The van der Waals surface area contributed by atoms with E-state index in [2.05, 4.69) is 0 Å². The average molecular weight is 203 g/mol. The van der Waals surface area contributed by atoms with Crippen LogP contribution in [0, 0.1) is 5.92 Å². The third-order valence-electron chi connectivity index (χ3n) is 1.73. The summed E-state index contributed by atoms with van der Waals surface area (Å²) in [4.78, 5) is 11.1. The Morgan fingerprint density at radius 3 is 2.43 bits per heavy atom. The Bertz CT molecular complexity index is 148. The molecule has 0 radical (unpaired) electrons. The van der Waals surface area contributed by atoms with E-state index in [-0.39, 0.29) is 18.3 Å². The summed E-state index contributed by atoms with van der Waals surface area (Å²) in [5.74, 6) is 0.205. The van der Waals surface area contributed by atoms with Crippen LogP contribution in [0.2, 0.25) is 0 Å².